The Bertz CT molecular complexity index is 592. The molecule has 0 aliphatic carbocycles. The summed E-state index contributed by atoms with van der Waals surface area (Å²) < 4.78 is 27.7. The Balaban J connectivity index is 2.62. The highest BCUT2D eigenvalue weighted by atomic mass is 19.2. The molecular formula is C11H9F2N3O. The molecule has 0 N–H and O–H groups in total. The molecule has 0 radical (unpaired) electrons. The lowest BCUT2D eigenvalue weighted by atomic mass is 10.2. The standard InChI is InChI=1S/C11H9F2N3O/c1-6-11(7(2)17)14-15-16(6)9-5-3-4-8(12)10(9)13/h3-5H,1-2H3. The minimum atomic E-state index is -1.02. The van der Waals surface area contributed by atoms with E-state index < -0.39 is 11.6 Å². The predicted molar refractivity (Wildman–Crippen MR) is 56.0 cm³/mol. The van der Waals surface area contributed by atoms with Gasteiger partial charge in [0.05, 0.1) is 5.69 Å². The molecule has 0 bridgehead atoms. The van der Waals surface area contributed by atoms with Gasteiger partial charge in [0.2, 0.25) is 0 Å². The lowest BCUT2D eigenvalue weighted by molar-refractivity contribution is 0.101. The number of Topliss-reactive ketones (excluding diaryl/α,β-unsaturated/α-hetero) is 1. The molecule has 17 heavy (non-hydrogen) atoms. The van der Waals surface area contributed by atoms with Gasteiger partial charge in [0, 0.05) is 6.92 Å². The van der Waals surface area contributed by atoms with E-state index in [1.165, 1.54) is 19.1 Å². The SMILES string of the molecule is CC(=O)c1nnn(-c2cccc(F)c2F)c1C. The summed E-state index contributed by atoms with van der Waals surface area (Å²) in [5.74, 6) is -2.26. The van der Waals surface area contributed by atoms with Gasteiger partial charge in [-0.05, 0) is 19.1 Å². The molecule has 0 aliphatic rings. The van der Waals surface area contributed by atoms with E-state index in [9.17, 15) is 13.6 Å². The number of carbonyl (C=O) groups excluding carboxylic acids is 1. The van der Waals surface area contributed by atoms with Gasteiger partial charge in [0.25, 0.3) is 0 Å². The lowest BCUT2D eigenvalue weighted by Crippen LogP contribution is -2.04. The fraction of sp³-hybridized carbons (Fsp3) is 0.182. The van der Waals surface area contributed by atoms with Gasteiger partial charge < -0.3 is 0 Å². The molecule has 0 fully saturated rings. The zero-order chi connectivity index (χ0) is 12.6. The molecule has 4 nitrogen and oxygen atoms in total. The molecule has 0 amide bonds. The second-order valence-corrected chi connectivity index (χ2v) is 3.56. The lowest BCUT2D eigenvalue weighted by Gasteiger charge is -2.04. The van der Waals surface area contributed by atoms with Gasteiger partial charge >= 0.3 is 0 Å². The van der Waals surface area contributed by atoms with Gasteiger partial charge in [-0.3, -0.25) is 4.79 Å². The zero-order valence-electron chi connectivity index (χ0n) is 9.24. The Morgan fingerprint density at radius 2 is 2.06 bits per heavy atom. The van der Waals surface area contributed by atoms with Crippen LogP contribution in [0.3, 0.4) is 0 Å². The highest BCUT2D eigenvalue weighted by Crippen LogP contribution is 2.18. The molecule has 1 aromatic heterocycles. The van der Waals surface area contributed by atoms with Gasteiger partial charge in [0.15, 0.2) is 23.1 Å². The molecule has 88 valence electrons. The summed E-state index contributed by atoms with van der Waals surface area (Å²) in [5, 5.41) is 7.29. The largest absolute Gasteiger partial charge is 0.293 e. The van der Waals surface area contributed by atoms with E-state index in [0.29, 0.717) is 5.69 Å². The van der Waals surface area contributed by atoms with Crippen LogP contribution < -0.4 is 0 Å². The third-order valence-electron chi connectivity index (χ3n) is 2.39. The number of nitrogens with zero attached hydrogens (tertiary/aromatic N) is 3. The predicted octanol–water partition coefficient (Wildman–Crippen LogP) is 2.06. The number of halogens is 2. The number of carbonyl (C=O) groups is 1. The first-order valence-corrected chi connectivity index (χ1v) is 4.90. The average Bonchev–Trinajstić information content (AvgIpc) is 2.64. The van der Waals surface area contributed by atoms with Crippen molar-refractivity contribution in [2.24, 2.45) is 0 Å². The van der Waals surface area contributed by atoms with Crippen LogP contribution in [0.2, 0.25) is 0 Å². The highest BCUT2D eigenvalue weighted by Gasteiger charge is 2.17. The van der Waals surface area contributed by atoms with Crippen molar-refractivity contribution in [2.75, 3.05) is 0 Å². The fourth-order valence-electron chi connectivity index (χ4n) is 1.54. The summed E-state index contributed by atoms with van der Waals surface area (Å²) in [4.78, 5) is 11.2. The van der Waals surface area contributed by atoms with E-state index in [4.69, 9.17) is 0 Å². The van der Waals surface area contributed by atoms with Gasteiger partial charge in [-0.25, -0.2) is 13.5 Å². The highest BCUT2D eigenvalue weighted by molar-refractivity contribution is 5.93. The van der Waals surface area contributed by atoms with Crippen LogP contribution >= 0.6 is 0 Å². The van der Waals surface area contributed by atoms with Crippen LogP contribution in [0.5, 0.6) is 0 Å². The van der Waals surface area contributed by atoms with Crippen molar-refractivity contribution in [3.63, 3.8) is 0 Å². The maximum atomic E-state index is 13.5. The minimum absolute atomic E-state index is 0.0671. The number of hydrogen-bond acceptors (Lipinski definition) is 3. The summed E-state index contributed by atoms with van der Waals surface area (Å²) in [6.07, 6.45) is 0. The second-order valence-electron chi connectivity index (χ2n) is 3.56. The molecule has 0 atom stereocenters. The normalized spacial score (nSPS) is 10.6. The molecular weight excluding hydrogens is 228 g/mol. The van der Waals surface area contributed by atoms with Crippen LogP contribution in [0, 0.1) is 18.6 Å². The molecule has 0 spiro atoms. The molecule has 6 heteroatoms. The molecule has 2 aromatic rings. The zero-order valence-corrected chi connectivity index (χ0v) is 9.24. The van der Waals surface area contributed by atoms with Gasteiger partial charge in [-0.15, -0.1) is 5.10 Å². The molecule has 0 saturated heterocycles. The van der Waals surface area contributed by atoms with Gasteiger partial charge in [-0.2, -0.15) is 0 Å². The average molecular weight is 237 g/mol. The molecule has 1 heterocycles. The Morgan fingerprint density at radius 1 is 1.35 bits per heavy atom. The Labute approximate surface area is 95.9 Å². The molecule has 0 unspecified atom stereocenters. The summed E-state index contributed by atoms with van der Waals surface area (Å²) >= 11 is 0. The first-order valence-electron chi connectivity index (χ1n) is 4.90. The summed E-state index contributed by atoms with van der Waals surface area (Å²) in [6.45, 7) is 2.91. The Morgan fingerprint density at radius 3 is 2.65 bits per heavy atom. The van der Waals surface area contributed by atoms with Crippen molar-refractivity contribution < 1.29 is 13.6 Å². The summed E-state index contributed by atoms with van der Waals surface area (Å²) in [7, 11) is 0. The van der Waals surface area contributed by atoms with Crippen LogP contribution in [-0.2, 0) is 0 Å². The quantitative estimate of drug-likeness (QED) is 0.751. The van der Waals surface area contributed by atoms with Crippen molar-refractivity contribution >= 4 is 5.78 Å². The third kappa shape index (κ3) is 1.82. The van der Waals surface area contributed by atoms with E-state index in [1.54, 1.807) is 6.92 Å². The van der Waals surface area contributed by atoms with Gasteiger partial charge in [0.1, 0.15) is 5.69 Å². The van der Waals surface area contributed by atoms with Crippen molar-refractivity contribution in [3.05, 3.63) is 41.2 Å². The van der Waals surface area contributed by atoms with Crippen molar-refractivity contribution in [2.45, 2.75) is 13.8 Å². The number of ketones is 1. The van der Waals surface area contributed by atoms with Crippen LogP contribution in [0.1, 0.15) is 23.1 Å². The molecule has 0 aliphatic heterocycles. The molecule has 1 aromatic carbocycles. The molecule has 0 saturated carbocycles. The first kappa shape index (κ1) is 11.4. The van der Waals surface area contributed by atoms with Crippen molar-refractivity contribution in [3.8, 4) is 5.69 Å². The van der Waals surface area contributed by atoms with Crippen LogP contribution in [0.15, 0.2) is 18.2 Å². The van der Waals surface area contributed by atoms with Crippen LogP contribution in [-0.4, -0.2) is 20.8 Å². The van der Waals surface area contributed by atoms with Crippen molar-refractivity contribution in [1.29, 1.82) is 0 Å². The van der Waals surface area contributed by atoms with E-state index >= 15 is 0 Å². The first-order chi connectivity index (χ1) is 8.02. The summed E-state index contributed by atoms with van der Waals surface area (Å²) in [6, 6.07) is 3.74. The topological polar surface area (TPSA) is 47.8 Å². The maximum absolute atomic E-state index is 13.5. The number of benzene rings is 1. The Kier molecular flexibility index (Phi) is 2.71. The monoisotopic (exact) mass is 237 g/mol. The maximum Gasteiger partial charge on any atom is 0.184 e. The fourth-order valence-corrected chi connectivity index (χ4v) is 1.54. The third-order valence-corrected chi connectivity index (χ3v) is 2.39. The van der Waals surface area contributed by atoms with Gasteiger partial charge in [-0.1, -0.05) is 11.3 Å². The van der Waals surface area contributed by atoms with E-state index in [1.807, 2.05) is 0 Å². The summed E-state index contributed by atoms with van der Waals surface area (Å²) in [5.41, 5.74) is 0.457. The number of rotatable bonds is 2. The Hall–Kier alpha value is -2.11. The smallest absolute Gasteiger partial charge is 0.184 e. The van der Waals surface area contributed by atoms with E-state index in [0.717, 1.165) is 10.7 Å². The van der Waals surface area contributed by atoms with E-state index in [-0.39, 0.29) is 17.2 Å². The number of hydrogen-bond donors (Lipinski definition) is 0. The van der Waals surface area contributed by atoms with Crippen molar-refractivity contribution in [1.82, 2.24) is 15.0 Å². The second kappa shape index (κ2) is 4.04. The number of aromatic nitrogens is 3. The van der Waals surface area contributed by atoms with Crippen LogP contribution in [0.25, 0.3) is 5.69 Å². The van der Waals surface area contributed by atoms with E-state index in [2.05, 4.69) is 10.3 Å². The molecule has 2 rings (SSSR count). The van der Waals surface area contributed by atoms with Crippen LogP contribution in [0.4, 0.5) is 8.78 Å². The minimum Gasteiger partial charge on any atom is -0.293 e.